The van der Waals surface area contributed by atoms with Gasteiger partial charge < -0.3 is 25.9 Å². The van der Waals surface area contributed by atoms with Gasteiger partial charge in [-0.2, -0.15) is 0 Å². The molecule has 0 saturated heterocycles. The van der Waals surface area contributed by atoms with E-state index >= 15 is 0 Å². The van der Waals surface area contributed by atoms with Crippen LogP contribution in [0.2, 0.25) is 0 Å². The van der Waals surface area contributed by atoms with Crippen LogP contribution in [0.25, 0.3) is 5.32 Å². The van der Waals surface area contributed by atoms with E-state index in [1.807, 2.05) is 29.3 Å². The van der Waals surface area contributed by atoms with E-state index in [4.69, 9.17) is 10.5 Å². The van der Waals surface area contributed by atoms with Gasteiger partial charge in [0, 0.05) is 39.8 Å². The molecule has 2 N–H and O–H groups in total. The summed E-state index contributed by atoms with van der Waals surface area (Å²) in [6.45, 7) is 2.03. The Labute approximate surface area is 115 Å². The zero-order valence-electron chi connectivity index (χ0n) is 9.57. The molecule has 17 heavy (non-hydrogen) atoms. The van der Waals surface area contributed by atoms with Crippen molar-refractivity contribution in [1.82, 2.24) is 0 Å². The van der Waals surface area contributed by atoms with Gasteiger partial charge in [0.25, 0.3) is 0 Å². The normalized spacial score (nSPS) is 14.5. The third-order valence-electron chi connectivity index (χ3n) is 2.42. The molecule has 1 aliphatic rings. The molecule has 5 nitrogen and oxygen atoms in total. The number of nitrogens with two attached hydrogens (primary N) is 1. The van der Waals surface area contributed by atoms with E-state index in [0.29, 0.717) is 19.1 Å². The topological polar surface area (TPSA) is 64.9 Å². The molecule has 0 unspecified atom stereocenters. The molecule has 2 rings (SSSR count). The molecule has 0 bridgehead atoms. The third-order valence-corrected chi connectivity index (χ3v) is 2.42. The van der Waals surface area contributed by atoms with Gasteiger partial charge in [-0.1, -0.05) is 12.1 Å². The van der Waals surface area contributed by atoms with Gasteiger partial charge in [-0.05, 0) is 24.2 Å². The molecule has 1 aliphatic heterocycles. The van der Waals surface area contributed by atoms with Crippen LogP contribution in [-0.2, 0) is 32.3 Å². The number of benzene rings is 1. The maximum absolute atomic E-state index is 5.55. The van der Waals surface area contributed by atoms with Crippen LogP contribution in [0.3, 0.4) is 0 Å². The van der Waals surface area contributed by atoms with Gasteiger partial charge >= 0.3 is 0 Å². The molecule has 1 aromatic carbocycles. The first-order valence-electron chi connectivity index (χ1n) is 5.20. The monoisotopic (exact) mass is 414 g/mol. The Kier molecular flexibility index (Phi) is 5.45. The minimum atomic E-state index is 0. The fraction of sp³-hybridized carbons (Fsp3) is 0.364. The van der Waals surface area contributed by atoms with Crippen molar-refractivity contribution in [3.8, 4) is 0 Å². The van der Waals surface area contributed by atoms with E-state index in [1.165, 1.54) is 0 Å². The Morgan fingerprint density at radius 1 is 1.41 bits per heavy atom. The molecular weight excluding hydrogens is 399 g/mol. The van der Waals surface area contributed by atoms with Crippen LogP contribution in [0.15, 0.2) is 29.4 Å². The van der Waals surface area contributed by atoms with Crippen LogP contribution >= 0.6 is 0 Å². The van der Waals surface area contributed by atoms with Crippen molar-refractivity contribution in [1.29, 1.82) is 0 Å². The Morgan fingerprint density at radius 2 is 2.12 bits per heavy atom. The molecule has 0 atom stereocenters. The van der Waals surface area contributed by atoms with E-state index in [0.717, 1.165) is 17.8 Å². The first kappa shape index (κ1) is 14.0. The van der Waals surface area contributed by atoms with Crippen LogP contribution in [0.4, 0.5) is 5.69 Å². The quantitative estimate of drug-likeness (QED) is 0.793. The second-order valence-electron chi connectivity index (χ2n) is 3.46. The summed E-state index contributed by atoms with van der Waals surface area (Å²) in [6.07, 6.45) is 0. The van der Waals surface area contributed by atoms with E-state index in [2.05, 4.69) is 10.4 Å². The van der Waals surface area contributed by atoms with Gasteiger partial charge in [-0.25, -0.2) is 0 Å². The SMILES string of the molecule is COC1=NN(c2ccc(CN)cc2)CC[N-]1.[Pt]. The average molecular weight is 414 g/mol. The number of hydrogen-bond donors (Lipinski definition) is 1. The minimum absolute atomic E-state index is 0. The van der Waals surface area contributed by atoms with E-state index < -0.39 is 0 Å². The number of methoxy groups -OCH3 is 1. The number of rotatable bonds is 2. The Bertz CT molecular complexity index is 380. The molecule has 0 aromatic heterocycles. The van der Waals surface area contributed by atoms with Crippen molar-refractivity contribution in [2.75, 3.05) is 25.2 Å². The largest absolute Gasteiger partial charge is 0.503 e. The standard InChI is InChI=1S/C11H15N4O.Pt/c1-16-11-13-6-7-15(14-11)10-4-2-9(8-12)3-5-10;/h2-5H,6-8,12H2,1H3;/q-1;. The summed E-state index contributed by atoms with van der Waals surface area (Å²) in [5.41, 5.74) is 7.69. The van der Waals surface area contributed by atoms with Gasteiger partial charge in [0.15, 0.2) is 0 Å². The van der Waals surface area contributed by atoms with Crippen molar-refractivity contribution in [2.45, 2.75) is 6.54 Å². The summed E-state index contributed by atoms with van der Waals surface area (Å²) in [5.74, 6) is 0. The van der Waals surface area contributed by atoms with E-state index in [-0.39, 0.29) is 21.1 Å². The summed E-state index contributed by atoms with van der Waals surface area (Å²) < 4.78 is 5.01. The number of nitrogens with zero attached hydrogens (tertiary/aromatic N) is 3. The molecular formula is C11H15N4OPt-. The zero-order valence-corrected chi connectivity index (χ0v) is 11.8. The molecule has 1 aromatic rings. The second kappa shape index (κ2) is 6.62. The molecule has 0 saturated carbocycles. The Balaban J connectivity index is 0.00000144. The zero-order chi connectivity index (χ0) is 11.4. The Hall–Kier alpha value is -1.06. The summed E-state index contributed by atoms with van der Waals surface area (Å²) in [7, 11) is 1.57. The summed E-state index contributed by atoms with van der Waals surface area (Å²) in [4.78, 5) is 0. The van der Waals surface area contributed by atoms with E-state index in [9.17, 15) is 0 Å². The van der Waals surface area contributed by atoms with Crippen molar-refractivity contribution in [3.05, 3.63) is 35.1 Å². The minimum Gasteiger partial charge on any atom is -0.503 e. The van der Waals surface area contributed by atoms with Crippen molar-refractivity contribution < 1.29 is 25.8 Å². The van der Waals surface area contributed by atoms with Crippen LogP contribution in [0, 0.1) is 0 Å². The molecule has 0 radical (unpaired) electrons. The van der Waals surface area contributed by atoms with Crippen molar-refractivity contribution in [3.63, 3.8) is 0 Å². The molecule has 0 spiro atoms. The first-order valence-corrected chi connectivity index (χ1v) is 5.20. The first-order chi connectivity index (χ1) is 7.83. The second-order valence-corrected chi connectivity index (χ2v) is 3.46. The number of hydrazone groups is 1. The van der Waals surface area contributed by atoms with Crippen molar-refractivity contribution >= 4 is 11.7 Å². The van der Waals surface area contributed by atoms with Crippen LogP contribution in [-0.4, -0.2) is 26.2 Å². The molecule has 6 heteroatoms. The molecule has 0 amide bonds. The van der Waals surface area contributed by atoms with Gasteiger partial charge in [0.2, 0.25) is 0 Å². The summed E-state index contributed by atoms with van der Waals surface area (Å²) >= 11 is 0. The average Bonchev–Trinajstić information content (AvgIpc) is 2.39. The van der Waals surface area contributed by atoms with Crippen LogP contribution in [0.5, 0.6) is 0 Å². The Morgan fingerprint density at radius 3 is 2.71 bits per heavy atom. The summed E-state index contributed by atoms with van der Waals surface area (Å²) in [5, 5.41) is 10.3. The maximum atomic E-state index is 5.55. The number of hydrogen-bond acceptors (Lipinski definition) is 4. The summed E-state index contributed by atoms with van der Waals surface area (Å²) in [6, 6.07) is 8.44. The third kappa shape index (κ3) is 3.45. The van der Waals surface area contributed by atoms with Gasteiger partial charge in [-0.3, -0.25) is 0 Å². The molecule has 1 heterocycles. The fourth-order valence-corrected chi connectivity index (χ4v) is 1.52. The van der Waals surface area contributed by atoms with Crippen LogP contribution < -0.4 is 10.7 Å². The fourth-order valence-electron chi connectivity index (χ4n) is 1.52. The molecule has 0 aliphatic carbocycles. The van der Waals surface area contributed by atoms with Crippen molar-refractivity contribution in [2.24, 2.45) is 10.8 Å². The predicted molar refractivity (Wildman–Crippen MR) is 64.3 cm³/mol. The smallest absolute Gasteiger partial charge is 0.109 e. The number of anilines is 1. The van der Waals surface area contributed by atoms with Gasteiger partial charge in [0.05, 0.1) is 7.11 Å². The maximum Gasteiger partial charge on any atom is 0.109 e. The van der Waals surface area contributed by atoms with E-state index in [1.54, 1.807) is 7.11 Å². The van der Waals surface area contributed by atoms with Gasteiger partial charge in [-0.15, -0.1) is 0 Å². The van der Waals surface area contributed by atoms with Gasteiger partial charge in [0.1, 0.15) is 6.02 Å². The predicted octanol–water partition coefficient (Wildman–Crippen LogP) is 1.25. The number of amidine groups is 1. The molecule has 0 fully saturated rings. The van der Waals surface area contributed by atoms with Crippen LogP contribution in [0.1, 0.15) is 5.56 Å². The number of ether oxygens (including phenoxy) is 1. The molecule has 96 valence electrons.